The molecule has 1 aliphatic heterocycles. The minimum absolute atomic E-state index is 0.778. The Morgan fingerprint density at radius 3 is 3.05 bits per heavy atom. The highest BCUT2D eigenvalue weighted by Crippen LogP contribution is 2.18. The van der Waals surface area contributed by atoms with Crippen LogP contribution in [-0.2, 0) is 0 Å². The third kappa shape index (κ3) is 2.73. The zero-order valence-corrected chi connectivity index (χ0v) is 11.1. The van der Waals surface area contributed by atoms with E-state index in [1.807, 2.05) is 13.1 Å². The summed E-state index contributed by atoms with van der Waals surface area (Å²) in [7, 11) is 0. The van der Waals surface area contributed by atoms with Gasteiger partial charge in [0.05, 0.1) is 0 Å². The van der Waals surface area contributed by atoms with Gasteiger partial charge in [0.1, 0.15) is 0 Å². The van der Waals surface area contributed by atoms with Crippen molar-refractivity contribution in [2.45, 2.75) is 13.3 Å². The van der Waals surface area contributed by atoms with Crippen LogP contribution in [0, 0.1) is 6.92 Å². The van der Waals surface area contributed by atoms with Crippen molar-refractivity contribution in [2.24, 2.45) is 0 Å². The molecule has 2 N–H and O–H groups in total. The number of anilines is 1. The standard InChI is InChI=1S/C13H18N6/c1-10-7-11(9-15-8-10)12-16-13(18-17-12)19-5-2-3-14-4-6-19/h7-9,14H,2-6H2,1H3,(H,16,17,18). The molecule has 1 aliphatic rings. The summed E-state index contributed by atoms with van der Waals surface area (Å²) in [5.41, 5.74) is 2.10. The molecule has 0 radical (unpaired) electrons. The lowest BCUT2D eigenvalue weighted by Crippen LogP contribution is -2.28. The van der Waals surface area contributed by atoms with Gasteiger partial charge in [-0.05, 0) is 31.5 Å². The van der Waals surface area contributed by atoms with E-state index in [0.717, 1.165) is 55.5 Å². The van der Waals surface area contributed by atoms with Crippen molar-refractivity contribution in [3.63, 3.8) is 0 Å². The van der Waals surface area contributed by atoms with Crippen molar-refractivity contribution in [1.82, 2.24) is 25.5 Å². The summed E-state index contributed by atoms with van der Waals surface area (Å²) in [5, 5.41) is 10.7. The molecular formula is C13H18N6. The number of aromatic amines is 1. The van der Waals surface area contributed by atoms with Crippen LogP contribution in [0.15, 0.2) is 18.5 Å². The Hall–Kier alpha value is -1.95. The topological polar surface area (TPSA) is 69.7 Å². The fourth-order valence-corrected chi connectivity index (χ4v) is 2.25. The van der Waals surface area contributed by atoms with E-state index in [2.05, 4.69) is 36.4 Å². The molecule has 6 nitrogen and oxygen atoms in total. The Balaban J connectivity index is 1.82. The summed E-state index contributed by atoms with van der Waals surface area (Å²) in [6, 6.07) is 2.06. The maximum absolute atomic E-state index is 4.58. The van der Waals surface area contributed by atoms with Crippen LogP contribution < -0.4 is 10.2 Å². The molecule has 0 amide bonds. The zero-order valence-electron chi connectivity index (χ0n) is 11.1. The fourth-order valence-electron chi connectivity index (χ4n) is 2.25. The molecule has 0 bridgehead atoms. The van der Waals surface area contributed by atoms with E-state index >= 15 is 0 Å². The van der Waals surface area contributed by atoms with Crippen molar-refractivity contribution in [3.8, 4) is 11.4 Å². The first-order valence-electron chi connectivity index (χ1n) is 6.63. The highest BCUT2D eigenvalue weighted by Gasteiger charge is 2.14. The second kappa shape index (κ2) is 5.36. The van der Waals surface area contributed by atoms with E-state index in [1.54, 1.807) is 6.20 Å². The minimum atomic E-state index is 0.778. The van der Waals surface area contributed by atoms with Crippen LogP contribution in [0.1, 0.15) is 12.0 Å². The predicted molar refractivity (Wildman–Crippen MR) is 74.1 cm³/mol. The first-order chi connectivity index (χ1) is 9.33. The Labute approximate surface area is 112 Å². The van der Waals surface area contributed by atoms with Crippen LogP contribution in [0.5, 0.6) is 0 Å². The van der Waals surface area contributed by atoms with Crippen LogP contribution >= 0.6 is 0 Å². The van der Waals surface area contributed by atoms with Gasteiger partial charge in [0.25, 0.3) is 0 Å². The maximum atomic E-state index is 4.58. The Kier molecular flexibility index (Phi) is 3.41. The van der Waals surface area contributed by atoms with Crippen molar-refractivity contribution < 1.29 is 0 Å². The molecule has 0 spiro atoms. The first kappa shape index (κ1) is 12.1. The summed E-state index contributed by atoms with van der Waals surface area (Å²) < 4.78 is 0. The molecule has 3 rings (SSSR count). The number of H-pyrrole nitrogens is 1. The molecule has 2 aromatic heterocycles. The SMILES string of the molecule is Cc1cncc(-c2nc(N3CCCNCC3)n[nH]2)c1. The van der Waals surface area contributed by atoms with Gasteiger partial charge < -0.3 is 10.2 Å². The molecule has 0 saturated carbocycles. The van der Waals surface area contributed by atoms with Gasteiger partial charge in [0.15, 0.2) is 5.82 Å². The molecule has 0 aromatic carbocycles. The molecule has 1 saturated heterocycles. The van der Waals surface area contributed by atoms with E-state index in [4.69, 9.17) is 0 Å². The lowest BCUT2D eigenvalue weighted by Gasteiger charge is -2.16. The number of nitrogens with one attached hydrogen (secondary N) is 2. The highest BCUT2D eigenvalue weighted by molar-refractivity contribution is 5.55. The third-order valence-corrected chi connectivity index (χ3v) is 3.24. The van der Waals surface area contributed by atoms with E-state index < -0.39 is 0 Å². The number of hydrogen-bond acceptors (Lipinski definition) is 5. The average Bonchev–Trinajstić information content (AvgIpc) is 2.75. The lowest BCUT2D eigenvalue weighted by atomic mass is 10.2. The van der Waals surface area contributed by atoms with Crippen molar-refractivity contribution in [2.75, 3.05) is 31.1 Å². The van der Waals surface area contributed by atoms with Crippen molar-refractivity contribution in [1.29, 1.82) is 0 Å². The number of aryl methyl sites for hydroxylation is 1. The number of hydrogen-bond donors (Lipinski definition) is 2. The zero-order chi connectivity index (χ0) is 13.1. The number of aromatic nitrogens is 4. The monoisotopic (exact) mass is 258 g/mol. The largest absolute Gasteiger partial charge is 0.338 e. The van der Waals surface area contributed by atoms with Gasteiger partial charge in [-0.1, -0.05) is 0 Å². The summed E-state index contributed by atoms with van der Waals surface area (Å²) in [5.74, 6) is 1.56. The number of rotatable bonds is 2. The molecule has 0 aliphatic carbocycles. The summed E-state index contributed by atoms with van der Waals surface area (Å²) in [4.78, 5) is 11.0. The van der Waals surface area contributed by atoms with Gasteiger partial charge in [0.2, 0.25) is 5.95 Å². The van der Waals surface area contributed by atoms with Gasteiger partial charge in [-0.25, -0.2) is 0 Å². The third-order valence-electron chi connectivity index (χ3n) is 3.24. The maximum Gasteiger partial charge on any atom is 0.245 e. The molecule has 100 valence electrons. The molecule has 0 atom stereocenters. The Morgan fingerprint density at radius 1 is 1.21 bits per heavy atom. The lowest BCUT2D eigenvalue weighted by molar-refractivity contribution is 0.724. The minimum Gasteiger partial charge on any atom is -0.338 e. The van der Waals surface area contributed by atoms with Crippen LogP contribution in [0.2, 0.25) is 0 Å². The summed E-state index contributed by atoms with van der Waals surface area (Å²) >= 11 is 0. The van der Waals surface area contributed by atoms with Crippen LogP contribution in [0.3, 0.4) is 0 Å². The molecule has 3 heterocycles. The summed E-state index contributed by atoms with van der Waals surface area (Å²) in [6.45, 7) is 6.01. The molecule has 1 fully saturated rings. The van der Waals surface area contributed by atoms with Crippen molar-refractivity contribution in [3.05, 3.63) is 24.0 Å². The first-order valence-corrected chi connectivity index (χ1v) is 6.63. The normalized spacial score (nSPS) is 16.4. The summed E-state index contributed by atoms with van der Waals surface area (Å²) in [6.07, 6.45) is 4.76. The quantitative estimate of drug-likeness (QED) is 0.840. The second-order valence-corrected chi connectivity index (χ2v) is 4.83. The molecule has 6 heteroatoms. The van der Waals surface area contributed by atoms with Crippen LogP contribution in [-0.4, -0.2) is 46.3 Å². The predicted octanol–water partition coefficient (Wildman–Crippen LogP) is 0.975. The van der Waals surface area contributed by atoms with Crippen LogP contribution in [0.25, 0.3) is 11.4 Å². The number of nitrogens with zero attached hydrogens (tertiary/aromatic N) is 4. The molecule has 2 aromatic rings. The van der Waals surface area contributed by atoms with Gasteiger partial charge in [-0.3, -0.25) is 10.1 Å². The highest BCUT2D eigenvalue weighted by atomic mass is 15.4. The van der Waals surface area contributed by atoms with E-state index in [1.165, 1.54) is 0 Å². The average molecular weight is 258 g/mol. The van der Waals surface area contributed by atoms with Crippen LogP contribution in [0.4, 0.5) is 5.95 Å². The van der Waals surface area contributed by atoms with Gasteiger partial charge >= 0.3 is 0 Å². The van der Waals surface area contributed by atoms with E-state index in [0.29, 0.717) is 0 Å². The Bertz CT molecular complexity index is 542. The van der Waals surface area contributed by atoms with Crippen molar-refractivity contribution >= 4 is 5.95 Å². The second-order valence-electron chi connectivity index (χ2n) is 4.83. The molecule has 0 unspecified atom stereocenters. The van der Waals surface area contributed by atoms with Gasteiger partial charge in [-0.2, -0.15) is 4.98 Å². The van der Waals surface area contributed by atoms with E-state index in [9.17, 15) is 0 Å². The van der Waals surface area contributed by atoms with Gasteiger partial charge in [-0.15, -0.1) is 5.10 Å². The van der Waals surface area contributed by atoms with Gasteiger partial charge in [0, 0.05) is 37.6 Å². The Morgan fingerprint density at radius 2 is 2.16 bits per heavy atom. The van der Waals surface area contributed by atoms with E-state index in [-0.39, 0.29) is 0 Å². The molecule has 19 heavy (non-hydrogen) atoms. The smallest absolute Gasteiger partial charge is 0.245 e. The number of pyridine rings is 1. The molecular weight excluding hydrogens is 240 g/mol. The fraction of sp³-hybridized carbons (Fsp3) is 0.462.